The molecule has 0 amide bonds. The molecule has 0 fully saturated rings. The van der Waals surface area contributed by atoms with E-state index in [4.69, 9.17) is 23.8 Å². The van der Waals surface area contributed by atoms with Crippen LogP contribution in [-0.4, -0.2) is 11.7 Å². The van der Waals surface area contributed by atoms with Gasteiger partial charge in [0.2, 0.25) is 0 Å². The van der Waals surface area contributed by atoms with Crippen molar-refractivity contribution in [1.82, 2.24) is 5.32 Å². The molecule has 1 aromatic rings. The van der Waals surface area contributed by atoms with E-state index in [2.05, 4.69) is 24.5 Å². The van der Waals surface area contributed by atoms with Crippen LogP contribution in [0.2, 0.25) is 5.02 Å². The van der Waals surface area contributed by atoms with Gasteiger partial charge < -0.3 is 10.6 Å². The van der Waals surface area contributed by atoms with Crippen LogP contribution in [0, 0.1) is 12.8 Å². The van der Waals surface area contributed by atoms with E-state index in [1.165, 1.54) is 0 Å². The molecule has 0 saturated heterocycles. The molecular formula is C13H21ClN2S. The van der Waals surface area contributed by atoms with Gasteiger partial charge in [-0.3, -0.25) is 0 Å². The highest BCUT2D eigenvalue weighted by Crippen LogP contribution is 2.19. The Kier molecular flexibility index (Phi) is 7.16. The third kappa shape index (κ3) is 5.89. The topological polar surface area (TPSA) is 24.1 Å². The molecule has 0 unspecified atom stereocenters. The molecular weight excluding hydrogens is 252 g/mol. The zero-order valence-electron chi connectivity index (χ0n) is 9.80. The minimum atomic E-state index is 0. The fourth-order valence-corrected chi connectivity index (χ4v) is 1.56. The molecule has 0 aliphatic rings. The molecule has 96 valence electrons. The Hall–Kier alpha value is -0.800. The van der Waals surface area contributed by atoms with Crippen molar-refractivity contribution < 1.29 is 0 Å². The predicted octanol–water partition coefficient (Wildman–Crippen LogP) is 4.23. The van der Waals surface area contributed by atoms with E-state index < -0.39 is 0 Å². The second-order valence-corrected chi connectivity index (χ2v) is 5.03. The third-order valence-electron chi connectivity index (χ3n) is 2.12. The molecule has 0 atom stereocenters. The van der Waals surface area contributed by atoms with E-state index in [0.29, 0.717) is 16.1 Å². The zero-order valence-corrected chi connectivity index (χ0v) is 11.4. The van der Waals surface area contributed by atoms with Crippen molar-refractivity contribution in [3.63, 3.8) is 0 Å². The first kappa shape index (κ1) is 16.2. The van der Waals surface area contributed by atoms with Crippen LogP contribution < -0.4 is 10.6 Å². The van der Waals surface area contributed by atoms with Gasteiger partial charge >= 0.3 is 0 Å². The molecule has 1 aromatic carbocycles. The first-order valence-electron chi connectivity index (χ1n) is 5.30. The van der Waals surface area contributed by atoms with Gasteiger partial charge in [0.05, 0.1) is 0 Å². The van der Waals surface area contributed by atoms with Gasteiger partial charge in [-0.25, -0.2) is 0 Å². The Balaban J connectivity index is 0.00000256. The summed E-state index contributed by atoms with van der Waals surface area (Å²) in [5, 5.41) is 7.64. The minimum absolute atomic E-state index is 0. The summed E-state index contributed by atoms with van der Waals surface area (Å²) in [6.07, 6.45) is 0. The Morgan fingerprint density at radius 3 is 2.65 bits per heavy atom. The number of aryl methyl sites for hydroxylation is 1. The van der Waals surface area contributed by atoms with Crippen molar-refractivity contribution in [2.45, 2.75) is 28.2 Å². The highest BCUT2D eigenvalue weighted by Gasteiger charge is 2.02. The smallest absolute Gasteiger partial charge is 0.170 e. The summed E-state index contributed by atoms with van der Waals surface area (Å²) in [7, 11) is 0. The summed E-state index contributed by atoms with van der Waals surface area (Å²) in [5.74, 6) is 0.570. The maximum atomic E-state index is 5.92. The normalized spacial score (nSPS) is 9.71. The summed E-state index contributed by atoms with van der Waals surface area (Å²) in [6.45, 7) is 7.16. The Morgan fingerprint density at radius 1 is 1.41 bits per heavy atom. The second kappa shape index (κ2) is 7.51. The van der Waals surface area contributed by atoms with Gasteiger partial charge in [0.1, 0.15) is 0 Å². The summed E-state index contributed by atoms with van der Waals surface area (Å²) in [5.41, 5.74) is 2.08. The largest absolute Gasteiger partial charge is 0.362 e. The Bertz CT molecular complexity index is 378. The van der Waals surface area contributed by atoms with Crippen LogP contribution in [0.25, 0.3) is 0 Å². The van der Waals surface area contributed by atoms with E-state index in [9.17, 15) is 0 Å². The number of benzene rings is 1. The van der Waals surface area contributed by atoms with Crippen LogP contribution in [0.4, 0.5) is 5.69 Å². The quantitative estimate of drug-likeness (QED) is 0.806. The number of hydrogen-bond donors (Lipinski definition) is 2. The number of anilines is 1. The van der Waals surface area contributed by atoms with Crippen LogP contribution >= 0.6 is 23.8 Å². The van der Waals surface area contributed by atoms with Crippen LogP contribution in [0.3, 0.4) is 0 Å². The molecule has 0 aromatic heterocycles. The lowest BCUT2D eigenvalue weighted by Gasteiger charge is -2.13. The van der Waals surface area contributed by atoms with E-state index in [0.717, 1.165) is 17.8 Å². The van der Waals surface area contributed by atoms with Crippen molar-refractivity contribution in [2.24, 2.45) is 5.92 Å². The number of rotatable bonds is 3. The lowest BCUT2D eigenvalue weighted by atomic mass is 10.2. The molecule has 0 bridgehead atoms. The number of thiocarbonyl (C=S) groups is 1. The zero-order chi connectivity index (χ0) is 12.1. The highest BCUT2D eigenvalue weighted by molar-refractivity contribution is 7.80. The van der Waals surface area contributed by atoms with Crippen LogP contribution in [0.15, 0.2) is 18.2 Å². The van der Waals surface area contributed by atoms with Crippen LogP contribution in [0.5, 0.6) is 0 Å². The molecule has 2 N–H and O–H groups in total. The fourth-order valence-electron chi connectivity index (χ4n) is 1.19. The summed E-state index contributed by atoms with van der Waals surface area (Å²) >= 11 is 11.1. The first-order valence-corrected chi connectivity index (χ1v) is 6.08. The summed E-state index contributed by atoms with van der Waals surface area (Å²) in [4.78, 5) is 0. The van der Waals surface area contributed by atoms with Gasteiger partial charge in [-0.15, -0.1) is 0 Å². The second-order valence-electron chi connectivity index (χ2n) is 4.19. The lowest BCUT2D eigenvalue weighted by molar-refractivity contribution is 0.627. The average molecular weight is 273 g/mol. The molecule has 0 radical (unpaired) electrons. The SMILES string of the molecule is C.Cc1ccc(Cl)cc1NC(=S)NCC(C)C. The molecule has 0 heterocycles. The average Bonchev–Trinajstić information content (AvgIpc) is 2.20. The maximum Gasteiger partial charge on any atom is 0.170 e. The maximum absolute atomic E-state index is 5.92. The summed E-state index contributed by atoms with van der Waals surface area (Å²) in [6, 6.07) is 5.71. The molecule has 0 aliphatic carbocycles. The van der Waals surface area contributed by atoms with Crippen molar-refractivity contribution in [3.8, 4) is 0 Å². The minimum Gasteiger partial charge on any atom is -0.362 e. The molecule has 0 spiro atoms. The predicted molar refractivity (Wildman–Crippen MR) is 82.0 cm³/mol. The Morgan fingerprint density at radius 2 is 2.06 bits per heavy atom. The molecule has 0 saturated carbocycles. The molecule has 4 heteroatoms. The lowest BCUT2D eigenvalue weighted by Crippen LogP contribution is -2.31. The standard InChI is InChI=1S/C12H17ClN2S.CH4/c1-8(2)7-14-12(16)15-11-6-10(13)5-4-9(11)3;/h4-6,8H,7H2,1-3H3,(H2,14,15,16);1H4. The van der Waals surface area contributed by atoms with Gasteiger partial charge in [-0.05, 0) is 42.8 Å². The van der Waals surface area contributed by atoms with Crippen molar-refractivity contribution in [3.05, 3.63) is 28.8 Å². The van der Waals surface area contributed by atoms with Crippen molar-refractivity contribution in [2.75, 3.05) is 11.9 Å². The van der Waals surface area contributed by atoms with E-state index in [-0.39, 0.29) is 7.43 Å². The van der Waals surface area contributed by atoms with Crippen LogP contribution in [-0.2, 0) is 0 Å². The number of hydrogen-bond acceptors (Lipinski definition) is 1. The highest BCUT2D eigenvalue weighted by atomic mass is 35.5. The Labute approximate surface area is 115 Å². The first-order chi connectivity index (χ1) is 7.49. The van der Waals surface area contributed by atoms with Crippen molar-refractivity contribution in [1.29, 1.82) is 0 Å². The van der Waals surface area contributed by atoms with E-state index in [1.807, 2.05) is 25.1 Å². The van der Waals surface area contributed by atoms with Gasteiger partial charge in [-0.1, -0.05) is 38.9 Å². The number of halogens is 1. The van der Waals surface area contributed by atoms with Gasteiger partial charge in [0.15, 0.2) is 5.11 Å². The van der Waals surface area contributed by atoms with Gasteiger partial charge in [0.25, 0.3) is 0 Å². The monoisotopic (exact) mass is 272 g/mol. The van der Waals surface area contributed by atoms with Crippen LogP contribution in [0.1, 0.15) is 26.8 Å². The molecule has 0 aliphatic heterocycles. The molecule has 2 nitrogen and oxygen atoms in total. The summed E-state index contributed by atoms with van der Waals surface area (Å²) < 4.78 is 0. The number of nitrogens with one attached hydrogen (secondary N) is 2. The van der Waals surface area contributed by atoms with Crippen molar-refractivity contribution >= 4 is 34.6 Å². The van der Waals surface area contributed by atoms with E-state index in [1.54, 1.807) is 0 Å². The molecule has 1 rings (SSSR count). The van der Waals surface area contributed by atoms with Gasteiger partial charge in [0, 0.05) is 17.3 Å². The van der Waals surface area contributed by atoms with E-state index >= 15 is 0 Å². The van der Waals surface area contributed by atoms with Gasteiger partial charge in [-0.2, -0.15) is 0 Å². The third-order valence-corrected chi connectivity index (χ3v) is 2.60. The molecule has 17 heavy (non-hydrogen) atoms. The fraction of sp³-hybridized carbons (Fsp3) is 0.462.